The second-order valence-corrected chi connectivity index (χ2v) is 5.91. The van der Waals surface area contributed by atoms with Gasteiger partial charge in [-0.05, 0) is 24.3 Å². The summed E-state index contributed by atoms with van der Waals surface area (Å²) in [6.45, 7) is 0.862. The molecule has 2 aromatic rings. The lowest BCUT2D eigenvalue weighted by Gasteiger charge is -2.24. The van der Waals surface area contributed by atoms with Crippen LogP contribution in [0.3, 0.4) is 0 Å². The van der Waals surface area contributed by atoms with Gasteiger partial charge in [-0.2, -0.15) is 0 Å². The van der Waals surface area contributed by atoms with Crippen LogP contribution in [-0.2, 0) is 6.54 Å². The molecular weight excluding hydrogens is 264 g/mol. The number of hydrogen-bond donors (Lipinski definition) is 0. The first-order chi connectivity index (χ1) is 9.92. The lowest BCUT2D eigenvalue weighted by atomic mass is 10.2. The summed E-state index contributed by atoms with van der Waals surface area (Å²) >= 11 is 0. The molecular formula is C17H20N2O2. The average molecular weight is 284 g/mol. The van der Waals surface area contributed by atoms with Crippen LogP contribution in [0.4, 0.5) is 5.69 Å². The van der Waals surface area contributed by atoms with Gasteiger partial charge in [-0.25, -0.2) is 4.99 Å². The van der Waals surface area contributed by atoms with Crippen molar-refractivity contribution >= 4 is 11.8 Å². The van der Waals surface area contributed by atoms with Gasteiger partial charge in [0, 0.05) is 11.3 Å². The van der Waals surface area contributed by atoms with Crippen LogP contribution in [0, 0.1) is 0 Å². The van der Waals surface area contributed by atoms with Gasteiger partial charge in [0.1, 0.15) is 6.54 Å². The smallest absolute Gasteiger partial charge is 0.155 e. The summed E-state index contributed by atoms with van der Waals surface area (Å²) < 4.78 is 6.07. The van der Waals surface area contributed by atoms with Gasteiger partial charge < -0.3 is 14.3 Å². The molecule has 0 unspecified atom stereocenters. The van der Waals surface area contributed by atoms with Crippen molar-refractivity contribution < 1.29 is 14.3 Å². The fourth-order valence-electron chi connectivity index (χ4n) is 1.99. The number of quaternary nitrogens is 1. The van der Waals surface area contributed by atoms with E-state index in [4.69, 9.17) is 4.74 Å². The van der Waals surface area contributed by atoms with E-state index in [1.54, 1.807) is 18.2 Å². The molecule has 0 bridgehead atoms. The molecule has 21 heavy (non-hydrogen) atoms. The van der Waals surface area contributed by atoms with Crippen LogP contribution < -0.4 is 9.84 Å². The minimum absolute atomic E-state index is 0.519. The molecule has 0 fully saturated rings. The lowest BCUT2D eigenvalue weighted by Crippen LogP contribution is -2.33. The number of aliphatic imine (C=N–C) groups is 1. The molecule has 0 N–H and O–H groups in total. The van der Waals surface area contributed by atoms with Gasteiger partial charge in [0.2, 0.25) is 0 Å². The second-order valence-electron chi connectivity index (χ2n) is 5.91. The van der Waals surface area contributed by atoms with Crippen molar-refractivity contribution in [3.8, 4) is 5.75 Å². The Bertz CT molecular complexity index is 616. The molecule has 4 nitrogen and oxygen atoms in total. The van der Waals surface area contributed by atoms with E-state index in [-0.39, 0.29) is 0 Å². The standard InChI is InChI=1S/C17H20N2O2/c1-19(2,3)13-14-8-7-11-16(12-14)21-17(20)18-15-9-5-4-6-10-15/h4-12H,13H2,1-3H3. The summed E-state index contributed by atoms with van der Waals surface area (Å²) in [5.74, 6) is 0.519. The Morgan fingerprint density at radius 1 is 1.05 bits per heavy atom. The van der Waals surface area contributed by atoms with Gasteiger partial charge in [-0.15, -0.1) is 0 Å². The summed E-state index contributed by atoms with van der Waals surface area (Å²) in [5.41, 5.74) is 1.71. The van der Waals surface area contributed by atoms with Crippen molar-refractivity contribution in [3.05, 3.63) is 60.2 Å². The van der Waals surface area contributed by atoms with Crippen molar-refractivity contribution in [2.75, 3.05) is 21.1 Å². The molecule has 0 amide bonds. The topological polar surface area (TPSA) is 44.6 Å². The molecule has 2 aromatic carbocycles. The molecule has 0 atom stereocenters. The predicted octanol–water partition coefficient (Wildman–Crippen LogP) is 2.32. The molecule has 0 radical (unpaired) electrons. The first kappa shape index (κ1) is 15.1. The van der Waals surface area contributed by atoms with Gasteiger partial charge in [0.15, 0.2) is 6.08 Å². The van der Waals surface area contributed by atoms with E-state index >= 15 is 0 Å². The molecule has 0 spiro atoms. The predicted molar refractivity (Wildman–Crippen MR) is 82.3 cm³/mol. The zero-order valence-electron chi connectivity index (χ0n) is 12.6. The van der Waals surface area contributed by atoms with Crippen molar-refractivity contribution in [1.29, 1.82) is 0 Å². The van der Waals surface area contributed by atoms with Crippen molar-refractivity contribution in [3.63, 3.8) is 0 Å². The van der Waals surface area contributed by atoms with Gasteiger partial charge in [0.25, 0.3) is 0 Å². The minimum atomic E-state index is -0.608. The molecule has 2 rings (SSSR count). The normalized spacial score (nSPS) is 12.2. The number of nitrogens with zero attached hydrogens (tertiary/aromatic N) is 2. The monoisotopic (exact) mass is 284 g/mol. The molecule has 0 saturated heterocycles. The third-order valence-electron chi connectivity index (χ3n) is 2.74. The highest BCUT2D eigenvalue weighted by Gasteiger charge is 2.08. The Morgan fingerprint density at radius 3 is 2.43 bits per heavy atom. The number of rotatable bonds is 4. The van der Waals surface area contributed by atoms with Crippen LogP contribution >= 0.6 is 0 Å². The van der Waals surface area contributed by atoms with Crippen molar-refractivity contribution in [2.24, 2.45) is 4.99 Å². The third-order valence-corrected chi connectivity index (χ3v) is 2.74. The SMILES string of the molecule is C[N+](C)(C)Cc1cccc(OC([O-])=Nc2ccccc2)c1. The van der Waals surface area contributed by atoms with Crippen LogP contribution in [0.5, 0.6) is 5.75 Å². The van der Waals surface area contributed by atoms with E-state index in [0.717, 1.165) is 16.6 Å². The molecule has 4 heteroatoms. The first-order valence-corrected chi connectivity index (χ1v) is 6.80. The van der Waals surface area contributed by atoms with E-state index in [2.05, 4.69) is 26.1 Å². The largest absolute Gasteiger partial charge is 0.566 e. The van der Waals surface area contributed by atoms with Crippen LogP contribution in [-0.4, -0.2) is 31.7 Å². The zero-order chi connectivity index (χ0) is 15.3. The molecule has 110 valence electrons. The Hall–Kier alpha value is -2.33. The average Bonchev–Trinajstić information content (AvgIpc) is 2.38. The third kappa shape index (κ3) is 5.28. The summed E-state index contributed by atoms with van der Waals surface area (Å²) in [6.07, 6.45) is -0.608. The van der Waals surface area contributed by atoms with Crippen LogP contribution in [0.2, 0.25) is 0 Å². The molecule has 0 heterocycles. The van der Waals surface area contributed by atoms with E-state index in [9.17, 15) is 5.11 Å². The summed E-state index contributed by atoms with van der Waals surface area (Å²) in [7, 11) is 6.34. The maximum absolute atomic E-state index is 11.8. The number of para-hydroxylation sites is 1. The quantitative estimate of drug-likeness (QED) is 0.491. The van der Waals surface area contributed by atoms with Crippen LogP contribution in [0.1, 0.15) is 5.56 Å². The summed E-state index contributed by atoms with van der Waals surface area (Å²) in [6, 6.07) is 16.6. The second kappa shape index (κ2) is 6.41. The molecule has 0 aromatic heterocycles. The van der Waals surface area contributed by atoms with Crippen molar-refractivity contribution in [1.82, 2.24) is 0 Å². The number of hydrogen-bond acceptors (Lipinski definition) is 3. The molecule has 0 aliphatic heterocycles. The number of benzene rings is 2. The van der Waals surface area contributed by atoms with Crippen LogP contribution in [0.15, 0.2) is 59.6 Å². The van der Waals surface area contributed by atoms with E-state index in [1.807, 2.05) is 36.4 Å². The summed E-state index contributed by atoms with van der Waals surface area (Å²) in [5, 5.41) is 11.8. The van der Waals surface area contributed by atoms with Crippen LogP contribution in [0.25, 0.3) is 0 Å². The highest BCUT2D eigenvalue weighted by Crippen LogP contribution is 2.17. The molecule has 0 aliphatic rings. The van der Waals surface area contributed by atoms with Gasteiger partial charge in [-0.3, -0.25) is 0 Å². The fourth-order valence-corrected chi connectivity index (χ4v) is 1.99. The van der Waals surface area contributed by atoms with E-state index in [0.29, 0.717) is 11.4 Å². The fraction of sp³-hybridized carbons (Fsp3) is 0.235. The molecule has 0 aliphatic carbocycles. The maximum atomic E-state index is 11.8. The van der Waals surface area contributed by atoms with Gasteiger partial charge in [0.05, 0.1) is 26.8 Å². The Balaban J connectivity index is 2.09. The zero-order valence-corrected chi connectivity index (χ0v) is 12.6. The maximum Gasteiger partial charge on any atom is 0.155 e. The Morgan fingerprint density at radius 2 is 1.76 bits per heavy atom. The molecule has 0 saturated carbocycles. The first-order valence-electron chi connectivity index (χ1n) is 6.80. The Kier molecular flexibility index (Phi) is 4.60. The lowest BCUT2D eigenvalue weighted by molar-refractivity contribution is -0.884. The van der Waals surface area contributed by atoms with E-state index in [1.165, 1.54) is 0 Å². The Labute approximate surface area is 125 Å². The highest BCUT2D eigenvalue weighted by molar-refractivity contribution is 5.69. The highest BCUT2D eigenvalue weighted by atomic mass is 16.6. The van der Waals surface area contributed by atoms with Gasteiger partial charge in [-0.1, -0.05) is 30.3 Å². The van der Waals surface area contributed by atoms with Gasteiger partial charge >= 0.3 is 0 Å². The number of ether oxygens (including phenoxy) is 1. The van der Waals surface area contributed by atoms with Crippen molar-refractivity contribution in [2.45, 2.75) is 6.54 Å². The minimum Gasteiger partial charge on any atom is -0.566 e. The van der Waals surface area contributed by atoms with E-state index < -0.39 is 6.08 Å². The summed E-state index contributed by atoms with van der Waals surface area (Å²) in [4.78, 5) is 3.89.